The Labute approximate surface area is 122 Å². The molecular formula is C15H29N3O2. The van der Waals surface area contributed by atoms with Crippen molar-refractivity contribution in [2.24, 2.45) is 17.1 Å². The second-order valence-corrected chi connectivity index (χ2v) is 6.80. The molecule has 0 saturated carbocycles. The summed E-state index contributed by atoms with van der Waals surface area (Å²) in [5.41, 5.74) is 6.28. The lowest BCUT2D eigenvalue weighted by atomic mass is 9.84. The first-order chi connectivity index (χ1) is 9.31. The third kappa shape index (κ3) is 6.48. The summed E-state index contributed by atoms with van der Waals surface area (Å²) < 4.78 is 10.7. The molecule has 0 aliphatic rings. The summed E-state index contributed by atoms with van der Waals surface area (Å²) >= 11 is 0. The standard InChI is InChI=1S/C15H29N3O2/c1-6-7-19-10-12(16)14-17-13(20-18-14)8-11(2)9-15(3,4)5/h11-12H,6-10,16H2,1-5H3. The molecular weight excluding hydrogens is 254 g/mol. The highest BCUT2D eigenvalue weighted by Gasteiger charge is 2.19. The number of ether oxygens (including phenoxy) is 1. The summed E-state index contributed by atoms with van der Waals surface area (Å²) in [7, 11) is 0. The lowest BCUT2D eigenvalue weighted by molar-refractivity contribution is 0.119. The molecule has 0 spiro atoms. The molecule has 0 aliphatic carbocycles. The first kappa shape index (κ1) is 17.1. The van der Waals surface area contributed by atoms with Gasteiger partial charge in [-0.15, -0.1) is 0 Å². The Hall–Kier alpha value is -0.940. The van der Waals surface area contributed by atoms with Crippen LogP contribution in [0, 0.1) is 11.3 Å². The highest BCUT2D eigenvalue weighted by molar-refractivity contribution is 4.93. The van der Waals surface area contributed by atoms with E-state index in [2.05, 4.69) is 44.8 Å². The van der Waals surface area contributed by atoms with Gasteiger partial charge in [0.05, 0.1) is 12.6 Å². The van der Waals surface area contributed by atoms with Gasteiger partial charge < -0.3 is 15.0 Å². The van der Waals surface area contributed by atoms with Crippen LogP contribution in [-0.4, -0.2) is 23.4 Å². The van der Waals surface area contributed by atoms with Crippen LogP contribution in [0.3, 0.4) is 0 Å². The van der Waals surface area contributed by atoms with Gasteiger partial charge in [-0.05, 0) is 24.2 Å². The molecule has 1 aromatic rings. The highest BCUT2D eigenvalue weighted by Crippen LogP contribution is 2.26. The van der Waals surface area contributed by atoms with E-state index in [1.54, 1.807) is 0 Å². The highest BCUT2D eigenvalue weighted by atomic mass is 16.5. The van der Waals surface area contributed by atoms with Gasteiger partial charge in [-0.3, -0.25) is 0 Å². The lowest BCUT2D eigenvalue weighted by Gasteiger charge is -2.22. The first-order valence-electron chi connectivity index (χ1n) is 7.47. The summed E-state index contributed by atoms with van der Waals surface area (Å²) in [6.45, 7) is 12.1. The van der Waals surface area contributed by atoms with E-state index < -0.39 is 0 Å². The number of hydrogen-bond acceptors (Lipinski definition) is 5. The van der Waals surface area contributed by atoms with Gasteiger partial charge in [0, 0.05) is 13.0 Å². The van der Waals surface area contributed by atoms with E-state index in [1.165, 1.54) is 0 Å². The van der Waals surface area contributed by atoms with Crippen molar-refractivity contribution in [3.63, 3.8) is 0 Å². The second kappa shape index (κ2) is 7.74. The Bertz CT molecular complexity index is 385. The molecule has 0 amide bonds. The van der Waals surface area contributed by atoms with E-state index in [9.17, 15) is 0 Å². The minimum Gasteiger partial charge on any atom is -0.379 e. The topological polar surface area (TPSA) is 74.2 Å². The third-order valence-electron chi connectivity index (χ3n) is 2.95. The van der Waals surface area contributed by atoms with Gasteiger partial charge in [0.1, 0.15) is 0 Å². The van der Waals surface area contributed by atoms with E-state index in [1.807, 2.05) is 0 Å². The summed E-state index contributed by atoms with van der Waals surface area (Å²) in [6, 6.07) is -0.308. The largest absolute Gasteiger partial charge is 0.379 e. The van der Waals surface area contributed by atoms with Crippen molar-refractivity contribution in [2.75, 3.05) is 13.2 Å². The quantitative estimate of drug-likeness (QED) is 0.742. The van der Waals surface area contributed by atoms with E-state index in [0.29, 0.717) is 36.3 Å². The summed E-state index contributed by atoms with van der Waals surface area (Å²) in [6.07, 6.45) is 2.90. The maximum Gasteiger partial charge on any atom is 0.226 e. The van der Waals surface area contributed by atoms with Crippen LogP contribution in [-0.2, 0) is 11.2 Å². The Morgan fingerprint density at radius 3 is 2.65 bits per heavy atom. The van der Waals surface area contributed by atoms with Crippen LogP contribution in [0.1, 0.15) is 65.2 Å². The molecule has 0 radical (unpaired) electrons. The fourth-order valence-electron chi connectivity index (χ4n) is 2.35. The zero-order chi connectivity index (χ0) is 15.2. The normalized spacial score (nSPS) is 15.3. The number of hydrogen-bond donors (Lipinski definition) is 1. The second-order valence-electron chi connectivity index (χ2n) is 6.80. The molecule has 0 aliphatic heterocycles. The van der Waals surface area contributed by atoms with Crippen LogP contribution in [0.4, 0.5) is 0 Å². The van der Waals surface area contributed by atoms with Crippen molar-refractivity contribution in [3.8, 4) is 0 Å². The molecule has 2 atom stereocenters. The molecule has 1 aromatic heterocycles. The van der Waals surface area contributed by atoms with Crippen molar-refractivity contribution in [3.05, 3.63) is 11.7 Å². The molecule has 0 saturated heterocycles. The lowest BCUT2D eigenvalue weighted by Crippen LogP contribution is -2.19. The molecule has 116 valence electrons. The van der Waals surface area contributed by atoms with E-state index in [4.69, 9.17) is 15.0 Å². The van der Waals surface area contributed by atoms with Crippen molar-refractivity contribution in [1.82, 2.24) is 10.1 Å². The zero-order valence-electron chi connectivity index (χ0n) is 13.5. The van der Waals surface area contributed by atoms with Gasteiger partial charge in [0.25, 0.3) is 0 Å². The minimum absolute atomic E-state index is 0.308. The summed E-state index contributed by atoms with van der Waals surface area (Å²) in [5.74, 6) is 1.72. The van der Waals surface area contributed by atoms with Gasteiger partial charge >= 0.3 is 0 Å². The maximum absolute atomic E-state index is 5.97. The molecule has 5 heteroatoms. The Morgan fingerprint density at radius 1 is 1.35 bits per heavy atom. The van der Waals surface area contributed by atoms with Crippen LogP contribution >= 0.6 is 0 Å². The van der Waals surface area contributed by atoms with Gasteiger partial charge in [0.2, 0.25) is 5.89 Å². The van der Waals surface area contributed by atoms with Crippen molar-refractivity contribution in [1.29, 1.82) is 0 Å². The average molecular weight is 283 g/mol. The molecule has 2 N–H and O–H groups in total. The predicted octanol–water partition coefficient (Wildman–Crippen LogP) is 3.11. The van der Waals surface area contributed by atoms with Crippen LogP contribution < -0.4 is 5.73 Å². The fraction of sp³-hybridized carbons (Fsp3) is 0.867. The number of rotatable bonds is 8. The Balaban J connectivity index is 2.46. The minimum atomic E-state index is -0.308. The maximum atomic E-state index is 5.97. The van der Waals surface area contributed by atoms with Gasteiger partial charge in [-0.2, -0.15) is 4.98 Å². The van der Waals surface area contributed by atoms with E-state index in [0.717, 1.165) is 19.3 Å². The molecule has 1 rings (SSSR count). The first-order valence-corrected chi connectivity index (χ1v) is 7.47. The molecule has 1 heterocycles. The molecule has 5 nitrogen and oxygen atoms in total. The van der Waals surface area contributed by atoms with E-state index in [-0.39, 0.29) is 6.04 Å². The van der Waals surface area contributed by atoms with Crippen molar-refractivity contribution in [2.45, 2.75) is 59.9 Å². The average Bonchev–Trinajstić information content (AvgIpc) is 2.75. The SMILES string of the molecule is CCCOCC(N)c1noc(CC(C)CC(C)(C)C)n1. The zero-order valence-corrected chi connectivity index (χ0v) is 13.5. The molecule has 2 unspecified atom stereocenters. The third-order valence-corrected chi connectivity index (χ3v) is 2.95. The van der Waals surface area contributed by atoms with Crippen LogP contribution in [0.25, 0.3) is 0 Å². The van der Waals surface area contributed by atoms with Gasteiger partial charge in [-0.25, -0.2) is 0 Å². The van der Waals surface area contributed by atoms with Crippen LogP contribution in [0.5, 0.6) is 0 Å². The number of nitrogens with two attached hydrogens (primary N) is 1. The molecule has 0 fully saturated rings. The molecule has 20 heavy (non-hydrogen) atoms. The van der Waals surface area contributed by atoms with Crippen LogP contribution in [0.15, 0.2) is 4.52 Å². The van der Waals surface area contributed by atoms with Crippen LogP contribution in [0.2, 0.25) is 0 Å². The monoisotopic (exact) mass is 283 g/mol. The molecule has 0 aromatic carbocycles. The predicted molar refractivity (Wildman–Crippen MR) is 79.3 cm³/mol. The van der Waals surface area contributed by atoms with Crippen molar-refractivity contribution >= 4 is 0 Å². The summed E-state index contributed by atoms with van der Waals surface area (Å²) in [5, 5.41) is 3.95. The Kier molecular flexibility index (Phi) is 6.62. The number of aromatic nitrogens is 2. The summed E-state index contributed by atoms with van der Waals surface area (Å²) in [4.78, 5) is 4.38. The van der Waals surface area contributed by atoms with Gasteiger partial charge in [0.15, 0.2) is 5.82 Å². The van der Waals surface area contributed by atoms with E-state index >= 15 is 0 Å². The Morgan fingerprint density at radius 2 is 2.05 bits per heavy atom. The fourth-order valence-corrected chi connectivity index (χ4v) is 2.35. The van der Waals surface area contributed by atoms with Crippen molar-refractivity contribution < 1.29 is 9.26 Å². The van der Waals surface area contributed by atoms with Gasteiger partial charge in [-0.1, -0.05) is 39.8 Å². The smallest absolute Gasteiger partial charge is 0.226 e. The molecule has 0 bridgehead atoms. The number of nitrogens with zero attached hydrogens (tertiary/aromatic N) is 2.